The molecule has 154 valence electrons. The number of likely N-dealkylation sites (N-methyl/N-ethyl adjacent to an activating group) is 2. The Morgan fingerprint density at radius 3 is 2.46 bits per heavy atom. The molecule has 0 spiro atoms. The van der Waals surface area contributed by atoms with E-state index < -0.39 is 17.5 Å². The van der Waals surface area contributed by atoms with Gasteiger partial charge in [-0.3, -0.25) is 24.3 Å². The number of likely N-dealkylation sites (tertiary alicyclic amines) is 1. The number of ketones is 1. The van der Waals surface area contributed by atoms with Crippen LogP contribution < -0.4 is 0 Å². The zero-order chi connectivity index (χ0) is 20.8. The minimum absolute atomic E-state index is 0.0446. The Hall–Kier alpha value is -2.09. The predicted octanol–water partition coefficient (Wildman–Crippen LogP) is 1.19. The first-order valence-electron chi connectivity index (χ1n) is 10.1. The lowest BCUT2D eigenvalue weighted by atomic mass is 9.90. The van der Waals surface area contributed by atoms with Gasteiger partial charge in [0.05, 0.1) is 0 Å². The Morgan fingerprint density at radius 1 is 1.18 bits per heavy atom. The van der Waals surface area contributed by atoms with Gasteiger partial charge in [-0.1, -0.05) is 27.2 Å². The maximum atomic E-state index is 12.9. The lowest BCUT2D eigenvalue weighted by Gasteiger charge is -2.32. The van der Waals surface area contributed by atoms with Gasteiger partial charge in [0.2, 0.25) is 0 Å². The zero-order valence-corrected chi connectivity index (χ0v) is 17.9. The van der Waals surface area contributed by atoms with Crippen molar-refractivity contribution >= 4 is 29.4 Å². The Kier molecular flexibility index (Phi) is 5.44. The van der Waals surface area contributed by atoms with Gasteiger partial charge in [-0.05, 0) is 31.3 Å². The summed E-state index contributed by atoms with van der Waals surface area (Å²) >= 11 is 0. The van der Waals surface area contributed by atoms with Crippen LogP contribution in [0.4, 0.5) is 4.79 Å². The van der Waals surface area contributed by atoms with Crippen molar-refractivity contribution in [1.82, 2.24) is 14.7 Å². The Morgan fingerprint density at radius 2 is 1.86 bits per heavy atom. The molecular weight excluding hydrogens is 358 g/mol. The van der Waals surface area contributed by atoms with E-state index in [1.54, 1.807) is 7.05 Å². The molecule has 3 aliphatic rings. The van der Waals surface area contributed by atoms with E-state index in [-0.39, 0.29) is 18.2 Å². The van der Waals surface area contributed by atoms with E-state index in [4.69, 9.17) is 4.99 Å². The average molecular weight is 391 g/mol. The number of rotatable bonds is 4. The third kappa shape index (κ3) is 3.62. The molecule has 2 atom stereocenters. The Bertz CT molecular complexity index is 764. The van der Waals surface area contributed by atoms with Crippen molar-refractivity contribution in [3.63, 3.8) is 0 Å². The fourth-order valence-electron chi connectivity index (χ4n) is 3.92. The second-order valence-corrected chi connectivity index (χ2v) is 9.14. The zero-order valence-electron chi connectivity index (χ0n) is 17.9. The number of hydrogen-bond donors (Lipinski definition) is 0. The highest BCUT2D eigenvalue weighted by Crippen LogP contribution is 2.23. The number of hydrogen-bond acceptors (Lipinski definition) is 5. The smallest absolute Gasteiger partial charge is 0.295 e. The Labute approximate surface area is 166 Å². The second kappa shape index (κ2) is 7.39. The summed E-state index contributed by atoms with van der Waals surface area (Å²) in [7, 11) is 3.11. The maximum absolute atomic E-state index is 12.9. The first kappa shape index (κ1) is 20.6. The normalized spacial score (nSPS) is 26.7. The van der Waals surface area contributed by atoms with Crippen LogP contribution in [0.3, 0.4) is 0 Å². The number of urea groups is 1. The maximum Gasteiger partial charge on any atom is 0.333 e. The van der Waals surface area contributed by atoms with Crippen LogP contribution in [0.5, 0.6) is 0 Å². The van der Waals surface area contributed by atoms with Crippen LogP contribution in [-0.4, -0.2) is 94.5 Å². The molecule has 0 radical (unpaired) electrons. The summed E-state index contributed by atoms with van der Waals surface area (Å²) in [4.78, 5) is 47.7. The van der Waals surface area contributed by atoms with Crippen LogP contribution in [0.15, 0.2) is 4.99 Å². The standard InChI is InChI=1S/C20H32N5O3/c1-13-9-7-8-10-24(13)12-15-21-17-16(18(27)23(6)19(28)22(17)5)25(15)11-14(26)20(2,3)4/h13,16H,7-12H2,1-6H3/q+1. The molecule has 2 unspecified atom stereocenters. The van der Waals surface area contributed by atoms with Gasteiger partial charge in [-0.25, -0.2) is 9.37 Å². The predicted molar refractivity (Wildman–Crippen MR) is 107 cm³/mol. The lowest BCUT2D eigenvalue weighted by molar-refractivity contribution is -0.525. The van der Waals surface area contributed by atoms with Gasteiger partial charge in [0.1, 0.15) is 13.1 Å². The largest absolute Gasteiger partial charge is 0.333 e. The number of carbonyl (C=O) groups excluding carboxylic acids is 3. The molecule has 8 heteroatoms. The fourth-order valence-corrected chi connectivity index (χ4v) is 3.92. The summed E-state index contributed by atoms with van der Waals surface area (Å²) in [6, 6.07) is -0.675. The monoisotopic (exact) mass is 390 g/mol. The number of amides is 3. The number of fused-ring (bicyclic) bond motifs is 1. The van der Waals surface area contributed by atoms with E-state index >= 15 is 0 Å². The highest BCUT2D eigenvalue weighted by atomic mass is 16.2. The molecule has 2 saturated heterocycles. The van der Waals surface area contributed by atoms with Crippen molar-refractivity contribution in [3.05, 3.63) is 0 Å². The molecule has 2 fully saturated rings. The summed E-state index contributed by atoms with van der Waals surface area (Å²) in [5.41, 5.74) is -0.516. The molecule has 3 aliphatic heterocycles. The minimum Gasteiger partial charge on any atom is -0.295 e. The fraction of sp³-hybridized carbons (Fsp3) is 0.750. The first-order chi connectivity index (χ1) is 13.0. The Balaban J connectivity index is 1.98. The minimum atomic E-state index is -0.714. The first-order valence-corrected chi connectivity index (χ1v) is 10.1. The van der Waals surface area contributed by atoms with Crippen molar-refractivity contribution in [2.45, 2.75) is 59.0 Å². The van der Waals surface area contributed by atoms with E-state index in [9.17, 15) is 14.4 Å². The van der Waals surface area contributed by atoms with E-state index in [0.29, 0.717) is 24.3 Å². The molecule has 0 aromatic heterocycles. The molecule has 3 heterocycles. The molecular formula is C20H32N5O3+. The molecule has 0 aliphatic carbocycles. The van der Waals surface area contributed by atoms with E-state index in [1.165, 1.54) is 18.4 Å². The summed E-state index contributed by atoms with van der Waals surface area (Å²) in [6.07, 6.45) is 3.49. The molecule has 0 bridgehead atoms. The second-order valence-electron chi connectivity index (χ2n) is 9.14. The van der Waals surface area contributed by atoms with Crippen molar-refractivity contribution < 1.29 is 19.0 Å². The molecule has 3 amide bonds. The number of Topliss-reactive ketones (excluding diaryl/α,β-unsaturated/α-hetero) is 1. The number of carbonyl (C=O) groups is 3. The van der Waals surface area contributed by atoms with Crippen molar-refractivity contribution in [1.29, 1.82) is 0 Å². The van der Waals surface area contributed by atoms with Crippen LogP contribution in [-0.2, 0) is 9.59 Å². The number of aliphatic imine (C=N–C) groups is 1. The third-order valence-corrected chi connectivity index (χ3v) is 6.05. The molecule has 3 rings (SSSR count). The topological polar surface area (TPSA) is 76.3 Å². The van der Waals surface area contributed by atoms with Crippen LogP contribution >= 0.6 is 0 Å². The van der Waals surface area contributed by atoms with Crippen LogP contribution in [0.2, 0.25) is 0 Å². The number of nitrogens with zero attached hydrogens (tertiary/aromatic N) is 5. The number of piperidine rings is 1. The van der Waals surface area contributed by atoms with E-state index in [1.807, 2.05) is 25.3 Å². The highest BCUT2D eigenvalue weighted by Gasteiger charge is 2.53. The van der Waals surface area contributed by atoms with E-state index in [0.717, 1.165) is 24.3 Å². The van der Waals surface area contributed by atoms with Gasteiger partial charge in [-0.15, -0.1) is 0 Å². The van der Waals surface area contributed by atoms with Crippen molar-refractivity contribution in [2.75, 3.05) is 33.7 Å². The van der Waals surface area contributed by atoms with Crippen LogP contribution in [0, 0.1) is 5.41 Å². The van der Waals surface area contributed by atoms with Gasteiger partial charge in [0.15, 0.2) is 5.78 Å². The molecule has 8 nitrogen and oxygen atoms in total. The van der Waals surface area contributed by atoms with Gasteiger partial charge in [0, 0.05) is 25.6 Å². The van der Waals surface area contributed by atoms with Crippen LogP contribution in [0.1, 0.15) is 47.0 Å². The lowest BCUT2D eigenvalue weighted by Crippen LogP contribution is -2.62. The highest BCUT2D eigenvalue weighted by molar-refractivity contribution is 6.23. The van der Waals surface area contributed by atoms with Gasteiger partial charge in [0.25, 0.3) is 17.8 Å². The molecule has 28 heavy (non-hydrogen) atoms. The van der Waals surface area contributed by atoms with Gasteiger partial charge in [-0.2, -0.15) is 0 Å². The van der Waals surface area contributed by atoms with Gasteiger partial charge < -0.3 is 0 Å². The number of imide groups is 1. The summed E-state index contributed by atoms with van der Waals surface area (Å²) in [5.74, 6) is 0.845. The molecule has 0 aromatic rings. The van der Waals surface area contributed by atoms with Crippen molar-refractivity contribution in [3.8, 4) is 0 Å². The number of amidine groups is 2. The molecule has 0 aromatic carbocycles. The molecule has 0 saturated carbocycles. The van der Waals surface area contributed by atoms with Crippen molar-refractivity contribution in [2.24, 2.45) is 10.4 Å². The molecule has 0 N–H and O–H groups in total. The summed E-state index contributed by atoms with van der Waals surface area (Å²) in [6.45, 7) is 9.51. The SMILES string of the molecule is CC1CCCCN1CC1=[N+](CC(=O)C(C)(C)C)C2C(=O)N(C)C(=O)N(C)C2=N1. The summed E-state index contributed by atoms with van der Waals surface area (Å²) in [5, 5.41) is 0. The third-order valence-electron chi connectivity index (χ3n) is 6.05. The quantitative estimate of drug-likeness (QED) is 0.676. The van der Waals surface area contributed by atoms with E-state index in [2.05, 4.69) is 11.8 Å². The van der Waals surface area contributed by atoms with Gasteiger partial charge >= 0.3 is 11.9 Å². The summed E-state index contributed by atoms with van der Waals surface area (Å²) < 4.78 is 1.81. The average Bonchev–Trinajstić information content (AvgIpc) is 2.97. The van der Waals surface area contributed by atoms with Crippen LogP contribution in [0.25, 0.3) is 0 Å².